The Morgan fingerprint density at radius 1 is 1.60 bits per heavy atom. The van der Waals surface area contributed by atoms with Crippen LogP contribution in [0.4, 0.5) is 0 Å². The first kappa shape index (κ1) is 7.98. The molecule has 1 rings (SSSR count). The lowest BCUT2D eigenvalue weighted by molar-refractivity contribution is 0.176. The molecule has 1 fully saturated rings. The lowest BCUT2D eigenvalue weighted by Crippen LogP contribution is -2.24. The molecular weight excluding hydrogens is 128 g/mol. The summed E-state index contributed by atoms with van der Waals surface area (Å²) in [5, 5.41) is 9.13. The largest absolute Gasteiger partial charge is 0.392 e. The Kier molecular flexibility index (Phi) is 3.12. The van der Waals surface area contributed by atoms with Crippen LogP contribution in [0.25, 0.3) is 0 Å². The molecule has 0 aliphatic carbocycles. The van der Waals surface area contributed by atoms with Crippen LogP contribution < -0.4 is 5.73 Å². The van der Waals surface area contributed by atoms with Crippen molar-refractivity contribution >= 4 is 0 Å². The average Bonchev–Trinajstić information content (AvgIpc) is 2.31. The Hall–Kier alpha value is -0.120. The van der Waals surface area contributed by atoms with E-state index in [0.717, 1.165) is 39.0 Å². The molecule has 3 nitrogen and oxygen atoms in total. The summed E-state index contributed by atoms with van der Waals surface area (Å²) in [6.07, 6.45) is 1.90. The van der Waals surface area contributed by atoms with Crippen LogP contribution in [0.2, 0.25) is 0 Å². The van der Waals surface area contributed by atoms with E-state index in [1.807, 2.05) is 0 Å². The van der Waals surface area contributed by atoms with E-state index < -0.39 is 0 Å². The van der Waals surface area contributed by atoms with Gasteiger partial charge in [0.2, 0.25) is 0 Å². The SMILES string of the molecule is NCCCN1CCC(O)C1. The van der Waals surface area contributed by atoms with Gasteiger partial charge in [-0.05, 0) is 25.9 Å². The second kappa shape index (κ2) is 3.91. The van der Waals surface area contributed by atoms with Gasteiger partial charge < -0.3 is 15.7 Å². The van der Waals surface area contributed by atoms with Crippen LogP contribution >= 0.6 is 0 Å². The van der Waals surface area contributed by atoms with Crippen molar-refractivity contribution in [3.05, 3.63) is 0 Å². The summed E-state index contributed by atoms with van der Waals surface area (Å²) < 4.78 is 0. The van der Waals surface area contributed by atoms with Gasteiger partial charge in [0, 0.05) is 13.1 Å². The van der Waals surface area contributed by atoms with Gasteiger partial charge in [-0.2, -0.15) is 0 Å². The van der Waals surface area contributed by atoms with Gasteiger partial charge in [-0.15, -0.1) is 0 Å². The van der Waals surface area contributed by atoms with Crippen molar-refractivity contribution in [1.82, 2.24) is 4.90 Å². The summed E-state index contributed by atoms with van der Waals surface area (Å²) in [5.74, 6) is 0. The van der Waals surface area contributed by atoms with Gasteiger partial charge in [-0.1, -0.05) is 0 Å². The normalized spacial score (nSPS) is 27.6. The fraction of sp³-hybridized carbons (Fsp3) is 1.00. The standard InChI is InChI=1S/C7H16N2O/c8-3-1-4-9-5-2-7(10)6-9/h7,10H,1-6,8H2. The predicted molar refractivity (Wildman–Crippen MR) is 40.7 cm³/mol. The quantitative estimate of drug-likeness (QED) is 0.556. The Bertz CT molecular complexity index is 97.6. The molecule has 0 spiro atoms. The van der Waals surface area contributed by atoms with Crippen molar-refractivity contribution < 1.29 is 5.11 Å². The van der Waals surface area contributed by atoms with Crippen molar-refractivity contribution in [2.45, 2.75) is 18.9 Å². The highest BCUT2D eigenvalue weighted by atomic mass is 16.3. The van der Waals surface area contributed by atoms with Crippen LogP contribution in [-0.2, 0) is 0 Å². The van der Waals surface area contributed by atoms with Crippen LogP contribution in [0.15, 0.2) is 0 Å². The zero-order valence-electron chi connectivity index (χ0n) is 6.29. The van der Waals surface area contributed by atoms with Crippen molar-refractivity contribution in [1.29, 1.82) is 0 Å². The number of hydrogen-bond acceptors (Lipinski definition) is 3. The number of aliphatic hydroxyl groups is 1. The van der Waals surface area contributed by atoms with Gasteiger partial charge >= 0.3 is 0 Å². The zero-order valence-corrected chi connectivity index (χ0v) is 6.29. The maximum atomic E-state index is 9.13. The van der Waals surface area contributed by atoms with Crippen LogP contribution in [0.5, 0.6) is 0 Å². The Morgan fingerprint density at radius 3 is 2.90 bits per heavy atom. The fourth-order valence-electron chi connectivity index (χ4n) is 1.33. The van der Waals surface area contributed by atoms with Crippen LogP contribution in [0, 0.1) is 0 Å². The van der Waals surface area contributed by atoms with Crippen LogP contribution in [-0.4, -0.2) is 42.3 Å². The number of rotatable bonds is 3. The van der Waals surface area contributed by atoms with Crippen molar-refractivity contribution in [2.75, 3.05) is 26.2 Å². The highest BCUT2D eigenvalue weighted by Gasteiger charge is 2.18. The van der Waals surface area contributed by atoms with Crippen molar-refractivity contribution in [3.8, 4) is 0 Å². The van der Waals surface area contributed by atoms with Crippen molar-refractivity contribution in [3.63, 3.8) is 0 Å². The summed E-state index contributed by atoms with van der Waals surface area (Å²) in [6, 6.07) is 0. The molecular formula is C7H16N2O. The minimum Gasteiger partial charge on any atom is -0.392 e. The van der Waals surface area contributed by atoms with Crippen LogP contribution in [0.3, 0.4) is 0 Å². The number of likely N-dealkylation sites (tertiary alicyclic amines) is 1. The Morgan fingerprint density at radius 2 is 2.40 bits per heavy atom. The molecule has 0 aromatic carbocycles. The zero-order chi connectivity index (χ0) is 7.40. The maximum absolute atomic E-state index is 9.13. The topological polar surface area (TPSA) is 49.5 Å². The molecule has 10 heavy (non-hydrogen) atoms. The highest BCUT2D eigenvalue weighted by molar-refractivity contribution is 4.73. The van der Waals surface area contributed by atoms with E-state index >= 15 is 0 Å². The first-order chi connectivity index (χ1) is 4.83. The van der Waals surface area contributed by atoms with Crippen molar-refractivity contribution in [2.24, 2.45) is 5.73 Å². The monoisotopic (exact) mass is 144 g/mol. The van der Waals surface area contributed by atoms with E-state index in [1.54, 1.807) is 0 Å². The third-order valence-electron chi connectivity index (χ3n) is 1.93. The molecule has 1 aliphatic heterocycles. The number of nitrogens with zero attached hydrogens (tertiary/aromatic N) is 1. The highest BCUT2D eigenvalue weighted by Crippen LogP contribution is 2.07. The molecule has 1 aliphatic rings. The summed E-state index contributed by atoms with van der Waals surface area (Å²) >= 11 is 0. The Labute approximate surface area is 61.8 Å². The smallest absolute Gasteiger partial charge is 0.0679 e. The maximum Gasteiger partial charge on any atom is 0.0679 e. The number of aliphatic hydroxyl groups excluding tert-OH is 1. The molecule has 1 saturated heterocycles. The first-order valence-electron chi connectivity index (χ1n) is 3.93. The summed E-state index contributed by atoms with van der Waals surface area (Å²) in [5.41, 5.74) is 5.35. The van der Waals surface area contributed by atoms with Gasteiger partial charge in [0.05, 0.1) is 6.10 Å². The molecule has 0 radical (unpaired) electrons. The van der Waals surface area contributed by atoms with Gasteiger partial charge in [0.15, 0.2) is 0 Å². The summed E-state index contributed by atoms with van der Waals surface area (Å²) in [7, 11) is 0. The molecule has 1 atom stereocenters. The predicted octanol–water partition coefficient (Wildman–Crippen LogP) is -0.598. The molecule has 3 heteroatoms. The molecule has 0 aromatic heterocycles. The molecule has 0 bridgehead atoms. The third-order valence-corrected chi connectivity index (χ3v) is 1.93. The third kappa shape index (κ3) is 2.25. The number of β-amino-alcohol motifs (C(OH)–C–C–N with tert-alkyl or cyclic N) is 1. The minimum absolute atomic E-state index is 0.0854. The second-order valence-corrected chi connectivity index (χ2v) is 2.89. The molecule has 0 saturated carbocycles. The molecule has 0 amide bonds. The first-order valence-corrected chi connectivity index (χ1v) is 3.93. The van der Waals surface area contributed by atoms with E-state index in [2.05, 4.69) is 4.90 Å². The van der Waals surface area contributed by atoms with E-state index in [9.17, 15) is 0 Å². The van der Waals surface area contributed by atoms with E-state index in [0.29, 0.717) is 0 Å². The number of hydrogen-bond donors (Lipinski definition) is 2. The molecule has 1 heterocycles. The second-order valence-electron chi connectivity index (χ2n) is 2.89. The van der Waals surface area contributed by atoms with Gasteiger partial charge in [-0.3, -0.25) is 0 Å². The fourth-order valence-corrected chi connectivity index (χ4v) is 1.33. The summed E-state index contributed by atoms with van der Waals surface area (Å²) in [4.78, 5) is 2.26. The minimum atomic E-state index is -0.0854. The Balaban J connectivity index is 2.06. The molecule has 0 aromatic rings. The lowest BCUT2D eigenvalue weighted by Gasteiger charge is -2.12. The molecule has 1 unspecified atom stereocenters. The lowest BCUT2D eigenvalue weighted by atomic mass is 10.3. The van der Waals surface area contributed by atoms with E-state index in [4.69, 9.17) is 10.8 Å². The van der Waals surface area contributed by atoms with Gasteiger partial charge in [0.1, 0.15) is 0 Å². The average molecular weight is 144 g/mol. The van der Waals surface area contributed by atoms with Crippen LogP contribution in [0.1, 0.15) is 12.8 Å². The van der Waals surface area contributed by atoms with E-state index in [1.165, 1.54) is 0 Å². The number of nitrogens with two attached hydrogens (primary N) is 1. The van der Waals surface area contributed by atoms with Gasteiger partial charge in [-0.25, -0.2) is 0 Å². The van der Waals surface area contributed by atoms with E-state index in [-0.39, 0.29) is 6.10 Å². The molecule has 3 N–H and O–H groups in total. The van der Waals surface area contributed by atoms with Gasteiger partial charge in [0.25, 0.3) is 0 Å². The summed E-state index contributed by atoms with van der Waals surface area (Å²) in [6.45, 7) is 3.70. The molecule has 60 valence electrons.